The first-order valence-corrected chi connectivity index (χ1v) is 10.8. The first-order valence-electron chi connectivity index (χ1n) is 10.8. The van der Waals surface area contributed by atoms with Crippen molar-refractivity contribution in [2.45, 2.75) is 33.6 Å². The summed E-state index contributed by atoms with van der Waals surface area (Å²) in [5.74, 6) is -1.85. The van der Waals surface area contributed by atoms with E-state index in [-0.39, 0.29) is 16.5 Å². The standard InChI is InChI=1S/C28H28FNO3/c1-19-7-9-20(10-8-19)24-6-4-5-22(15-16-28(2,3)18-24)26(30-33)14-13-21-11-12-23(27(31)32)17-25(21)29/h4-5,7-15,17-18,33H,6,16H2,1-3H3,(H,31,32)/b5-4-,14-13+,22-15+,24-18+,30-26+. The Labute approximate surface area is 193 Å². The Morgan fingerprint density at radius 1 is 1.15 bits per heavy atom. The van der Waals surface area contributed by atoms with Gasteiger partial charge < -0.3 is 10.3 Å². The lowest BCUT2D eigenvalue weighted by Gasteiger charge is -2.20. The lowest BCUT2D eigenvalue weighted by Crippen LogP contribution is -2.08. The molecule has 0 unspecified atom stereocenters. The minimum Gasteiger partial charge on any atom is -0.478 e. The van der Waals surface area contributed by atoms with Crippen molar-refractivity contribution in [3.05, 3.63) is 106 Å². The molecule has 0 spiro atoms. The number of oxime groups is 1. The molecular weight excluding hydrogens is 417 g/mol. The number of carbonyl (C=O) groups is 1. The molecule has 0 bridgehead atoms. The molecule has 0 fully saturated rings. The molecule has 0 saturated carbocycles. The number of rotatable bonds is 5. The molecule has 2 N–H and O–H groups in total. The van der Waals surface area contributed by atoms with E-state index in [4.69, 9.17) is 5.11 Å². The average molecular weight is 446 g/mol. The van der Waals surface area contributed by atoms with Crippen molar-refractivity contribution in [2.24, 2.45) is 10.6 Å². The SMILES string of the molecule is Cc1ccc(/C2=C/C(C)(C)C/C=C(C(/C=C/c3ccc(C(=O)O)cc3F)=N/O)\C=C/C2)cc1. The molecular formula is C28H28FNO3. The van der Waals surface area contributed by atoms with E-state index in [1.807, 2.05) is 18.2 Å². The Morgan fingerprint density at radius 2 is 1.88 bits per heavy atom. The van der Waals surface area contributed by atoms with Crippen molar-refractivity contribution >= 4 is 23.3 Å². The number of aromatic carboxylic acids is 1. The lowest BCUT2D eigenvalue weighted by molar-refractivity contribution is 0.0696. The van der Waals surface area contributed by atoms with Gasteiger partial charge in [-0.2, -0.15) is 0 Å². The van der Waals surface area contributed by atoms with Gasteiger partial charge in [0, 0.05) is 5.56 Å². The van der Waals surface area contributed by atoms with E-state index < -0.39 is 11.8 Å². The van der Waals surface area contributed by atoms with Crippen LogP contribution in [0, 0.1) is 18.2 Å². The predicted octanol–water partition coefficient (Wildman–Crippen LogP) is 7.06. The first kappa shape index (κ1) is 23.9. The van der Waals surface area contributed by atoms with Crippen LogP contribution in [0.15, 0.2) is 83.6 Å². The highest BCUT2D eigenvalue weighted by Gasteiger charge is 2.17. The molecule has 4 nitrogen and oxygen atoms in total. The second-order valence-electron chi connectivity index (χ2n) is 8.85. The lowest BCUT2D eigenvalue weighted by atomic mass is 9.84. The van der Waals surface area contributed by atoms with Crippen molar-refractivity contribution in [2.75, 3.05) is 0 Å². The summed E-state index contributed by atoms with van der Waals surface area (Å²) >= 11 is 0. The van der Waals surface area contributed by atoms with Gasteiger partial charge in [0.2, 0.25) is 0 Å². The quantitative estimate of drug-likeness (QED) is 0.294. The molecule has 0 saturated heterocycles. The molecule has 33 heavy (non-hydrogen) atoms. The van der Waals surface area contributed by atoms with Crippen molar-refractivity contribution < 1.29 is 19.5 Å². The van der Waals surface area contributed by atoms with Crippen molar-refractivity contribution in [1.82, 2.24) is 0 Å². The summed E-state index contributed by atoms with van der Waals surface area (Å²) in [7, 11) is 0. The fourth-order valence-electron chi connectivity index (χ4n) is 3.65. The molecule has 3 rings (SSSR count). The summed E-state index contributed by atoms with van der Waals surface area (Å²) in [6.07, 6.45) is 12.7. The fourth-order valence-corrected chi connectivity index (χ4v) is 3.65. The summed E-state index contributed by atoms with van der Waals surface area (Å²) < 4.78 is 14.3. The molecule has 5 heteroatoms. The maximum atomic E-state index is 14.3. The molecule has 0 aromatic heterocycles. The van der Waals surface area contributed by atoms with Gasteiger partial charge in [0.1, 0.15) is 11.5 Å². The first-order chi connectivity index (χ1) is 15.7. The number of allylic oxidation sites excluding steroid dienone is 7. The normalized spacial score (nSPS) is 20.7. The molecule has 0 atom stereocenters. The maximum absolute atomic E-state index is 14.3. The zero-order valence-electron chi connectivity index (χ0n) is 19.0. The van der Waals surface area contributed by atoms with Crippen LogP contribution in [0.4, 0.5) is 4.39 Å². The summed E-state index contributed by atoms with van der Waals surface area (Å²) in [6, 6.07) is 12.2. The molecule has 170 valence electrons. The van der Waals surface area contributed by atoms with Crippen LogP contribution in [-0.4, -0.2) is 22.0 Å². The van der Waals surface area contributed by atoms with Crippen LogP contribution in [0.3, 0.4) is 0 Å². The van der Waals surface area contributed by atoms with Gasteiger partial charge in [-0.3, -0.25) is 0 Å². The molecule has 1 aliphatic carbocycles. The van der Waals surface area contributed by atoms with Gasteiger partial charge >= 0.3 is 5.97 Å². The summed E-state index contributed by atoms with van der Waals surface area (Å²) in [4.78, 5) is 11.0. The van der Waals surface area contributed by atoms with Gasteiger partial charge in [-0.1, -0.05) is 79.2 Å². The topological polar surface area (TPSA) is 69.9 Å². The van der Waals surface area contributed by atoms with Gasteiger partial charge in [-0.15, -0.1) is 0 Å². The molecule has 2 aromatic carbocycles. The fraction of sp³-hybridized carbons (Fsp3) is 0.214. The number of aryl methyl sites for hydroxylation is 1. The van der Waals surface area contributed by atoms with Crippen LogP contribution in [0.2, 0.25) is 0 Å². The number of carboxylic acid groups (broad SMARTS) is 1. The zero-order chi connectivity index (χ0) is 24.0. The maximum Gasteiger partial charge on any atom is 0.335 e. The summed E-state index contributed by atoms with van der Waals surface area (Å²) in [6.45, 7) is 6.38. The minimum absolute atomic E-state index is 0.123. The van der Waals surface area contributed by atoms with Crippen molar-refractivity contribution in [1.29, 1.82) is 0 Å². The van der Waals surface area contributed by atoms with Crippen LogP contribution in [-0.2, 0) is 0 Å². The van der Waals surface area contributed by atoms with Crippen LogP contribution in [0.25, 0.3) is 11.6 Å². The van der Waals surface area contributed by atoms with E-state index in [1.54, 1.807) is 0 Å². The van der Waals surface area contributed by atoms with Crippen LogP contribution in [0.5, 0.6) is 0 Å². The second kappa shape index (κ2) is 10.3. The number of hydrogen-bond donors (Lipinski definition) is 2. The Hall–Kier alpha value is -3.73. The monoisotopic (exact) mass is 445 g/mol. The van der Waals surface area contributed by atoms with E-state index in [0.29, 0.717) is 5.71 Å². The third-order valence-electron chi connectivity index (χ3n) is 5.54. The second-order valence-corrected chi connectivity index (χ2v) is 8.85. The predicted molar refractivity (Wildman–Crippen MR) is 131 cm³/mol. The highest BCUT2D eigenvalue weighted by Crippen LogP contribution is 2.32. The Balaban J connectivity index is 1.86. The Bertz CT molecular complexity index is 1180. The van der Waals surface area contributed by atoms with Crippen molar-refractivity contribution in [3.63, 3.8) is 0 Å². The Morgan fingerprint density at radius 3 is 2.52 bits per heavy atom. The van der Waals surface area contributed by atoms with Gasteiger partial charge in [-0.25, -0.2) is 9.18 Å². The zero-order valence-corrected chi connectivity index (χ0v) is 19.0. The van der Waals surface area contributed by atoms with Gasteiger partial charge in [-0.05, 0) is 66.2 Å². The van der Waals surface area contributed by atoms with E-state index in [9.17, 15) is 14.4 Å². The number of halogens is 1. The largest absolute Gasteiger partial charge is 0.478 e. The molecule has 0 radical (unpaired) electrons. The van der Waals surface area contributed by atoms with Crippen molar-refractivity contribution in [3.8, 4) is 0 Å². The van der Waals surface area contributed by atoms with E-state index in [0.717, 1.165) is 24.5 Å². The number of hydrogen-bond acceptors (Lipinski definition) is 3. The third kappa shape index (κ3) is 6.39. The summed E-state index contributed by atoms with van der Waals surface area (Å²) in [5, 5.41) is 22.0. The number of nitrogens with zero attached hydrogens (tertiary/aromatic N) is 1. The highest BCUT2D eigenvalue weighted by molar-refractivity contribution is 6.12. The van der Waals surface area contributed by atoms with Gasteiger partial charge in [0.15, 0.2) is 0 Å². The van der Waals surface area contributed by atoms with E-state index in [1.165, 1.54) is 41.0 Å². The molecule has 0 aliphatic heterocycles. The number of benzene rings is 2. The highest BCUT2D eigenvalue weighted by atomic mass is 19.1. The molecule has 1 aliphatic rings. The van der Waals surface area contributed by atoms with Crippen LogP contribution < -0.4 is 0 Å². The molecule has 0 heterocycles. The smallest absolute Gasteiger partial charge is 0.335 e. The average Bonchev–Trinajstić information content (AvgIpc) is 2.84. The Kier molecular flexibility index (Phi) is 7.44. The third-order valence-corrected chi connectivity index (χ3v) is 5.54. The minimum atomic E-state index is -1.19. The molecule has 2 aromatic rings. The molecule has 0 amide bonds. The summed E-state index contributed by atoms with van der Waals surface area (Å²) in [5.41, 5.74) is 4.60. The van der Waals surface area contributed by atoms with Crippen LogP contribution >= 0.6 is 0 Å². The van der Waals surface area contributed by atoms with E-state index in [2.05, 4.69) is 56.3 Å². The number of carboxylic acids is 1. The van der Waals surface area contributed by atoms with E-state index >= 15 is 0 Å². The van der Waals surface area contributed by atoms with Crippen LogP contribution in [0.1, 0.15) is 53.7 Å². The van der Waals surface area contributed by atoms with Gasteiger partial charge in [0.25, 0.3) is 0 Å². The van der Waals surface area contributed by atoms with Gasteiger partial charge in [0.05, 0.1) is 5.56 Å².